The van der Waals surface area contributed by atoms with Gasteiger partial charge >= 0.3 is 0 Å². The highest BCUT2D eigenvalue weighted by Gasteiger charge is 2.42. The molecule has 3 nitrogen and oxygen atoms in total. The van der Waals surface area contributed by atoms with Gasteiger partial charge in [-0.15, -0.1) is 0 Å². The molecule has 2 rings (SSSR count). The third kappa shape index (κ3) is 2.56. The number of halogens is 1. The summed E-state index contributed by atoms with van der Waals surface area (Å²) in [6, 6.07) is 7.66. The summed E-state index contributed by atoms with van der Waals surface area (Å²) in [4.78, 5) is 0. The van der Waals surface area contributed by atoms with E-state index in [9.17, 15) is 5.11 Å². The number of ether oxygens (including phenoxy) is 2. The monoisotopic (exact) mass is 286 g/mol. The summed E-state index contributed by atoms with van der Waals surface area (Å²) in [5.74, 6) is 0.810. The number of hydrogen-bond donors (Lipinski definition) is 1. The van der Waals surface area contributed by atoms with Crippen molar-refractivity contribution >= 4 is 15.9 Å². The predicted octanol–water partition coefficient (Wildman–Crippen LogP) is 2.37. The smallest absolute Gasteiger partial charge is 0.130 e. The molecule has 3 unspecified atom stereocenters. The second-order valence-corrected chi connectivity index (χ2v) is 4.75. The van der Waals surface area contributed by atoms with E-state index in [1.165, 1.54) is 0 Å². The van der Waals surface area contributed by atoms with Crippen LogP contribution in [-0.2, 0) is 4.74 Å². The molecule has 0 saturated heterocycles. The third-order valence-corrected chi connectivity index (χ3v) is 3.21. The maximum atomic E-state index is 9.52. The van der Waals surface area contributed by atoms with Crippen molar-refractivity contribution in [3.05, 3.63) is 28.7 Å². The first-order valence-electron chi connectivity index (χ1n) is 5.42. The number of hydrogen-bond acceptors (Lipinski definition) is 3. The summed E-state index contributed by atoms with van der Waals surface area (Å²) in [6.07, 6.45) is 0.0333. The Hall–Kier alpha value is -0.580. The summed E-state index contributed by atoms with van der Waals surface area (Å²) in [7, 11) is 0. The van der Waals surface area contributed by atoms with Crippen LogP contribution in [0.5, 0.6) is 5.75 Å². The van der Waals surface area contributed by atoms with E-state index in [0.29, 0.717) is 13.0 Å². The zero-order valence-electron chi connectivity index (χ0n) is 9.10. The molecule has 1 fully saturated rings. The molecule has 0 aromatic heterocycles. The van der Waals surface area contributed by atoms with E-state index < -0.39 is 0 Å². The number of aliphatic hydroxyl groups excluding tert-OH is 1. The normalized spacial score (nSPS) is 28.6. The highest BCUT2D eigenvalue weighted by atomic mass is 79.9. The lowest BCUT2D eigenvalue weighted by Gasteiger charge is -2.40. The largest absolute Gasteiger partial charge is 0.488 e. The van der Waals surface area contributed by atoms with Crippen molar-refractivity contribution in [2.45, 2.75) is 31.7 Å². The van der Waals surface area contributed by atoms with Crippen LogP contribution < -0.4 is 4.74 Å². The standard InChI is InChI=1S/C12H15BrO3/c1-2-15-12-10(14)7-11(12)16-9-5-3-8(13)4-6-9/h3-6,10-12,14H,2,7H2,1H3. The average molecular weight is 287 g/mol. The molecule has 0 bridgehead atoms. The quantitative estimate of drug-likeness (QED) is 0.924. The van der Waals surface area contributed by atoms with Gasteiger partial charge in [0.1, 0.15) is 18.0 Å². The van der Waals surface area contributed by atoms with Crippen molar-refractivity contribution in [3.63, 3.8) is 0 Å². The van der Waals surface area contributed by atoms with Crippen LogP contribution in [-0.4, -0.2) is 30.0 Å². The van der Waals surface area contributed by atoms with Gasteiger partial charge in [0, 0.05) is 17.5 Å². The van der Waals surface area contributed by atoms with Crippen LogP contribution in [0.4, 0.5) is 0 Å². The summed E-state index contributed by atoms with van der Waals surface area (Å²) < 4.78 is 12.2. The Labute approximate surface area is 104 Å². The molecule has 1 N–H and O–H groups in total. The van der Waals surface area contributed by atoms with E-state index >= 15 is 0 Å². The van der Waals surface area contributed by atoms with Crippen LogP contribution in [0, 0.1) is 0 Å². The molecule has 0 spiro atoms. The molecule has 1 aliphatic carbocycles. The molecule has 16 heavy (non-hydrogen) atoms. The van der Waals surface area contributed by atoms with Crippen molar-refractivity contribution in [1.29, 1.82) is 0 Å². The van der Waals surface area contributed by atoms with Gasteiger partial charge in [-0.2, -0.15) is 0 Å². The molecule has 0 heterocycles. The van der Waals surface area contributed by atoms with Crippen molar-refractivity contribution in [3.8, 4) is 5.75 Å². The topological polar surface area (TPSA) is 38.7 Å². The molecule has 88 valence electrons. The summed E-state index contributed by atoms with van der Waals surface area (Å²) in [6.45, 7) is 2.52. The molecular formula is C12H15BrO3. The molecule has 1 aliphatic rings. The van der Waals surface area contributed by atoms with Gasteiger partial charge in [-0.3, -0.25) is 0 Å². The highest BCUT2D eigenvalue weighted by Crippen LogP contribution is 2.29. The lowest BCUT2D eigenvalue weighted by Crippen LogP contribution is -2.55. The lowest BCUT2D eigenvalue weighted by atomic mass is 9.88. The van der Waals surface area contributed by atoms with Crippen LogP contribution in [0.1, 0.15) is 13.3 Å². The van der Waals surface area contributed by atoms with Crippen LogP contribution in [0.25, 0.3) is 0 Å². The Bertz CT molecular complexity index is 339. The summed E-state index contributed by atoms with van der Waals surface area (Å²) in [5, 5.41) is 9.52. The minimum absolute atomic E-state index is 0.0314. The molecule has 1 saturated carbocycles. The molecule has 4 heteroatoms. The molecule has 0 amide bonds. The van der Waals surface area contributed by atoms with Crippen molar-refractivity contribution in [2.24, 2.45) is 0 Å². The fourth-order valence-corrected chi connectivity index (χ4v) is 2.04. The van der Waals surface area contributed by atoms with Crippen molar-refractivity contribution in [2.75, 3.05) is 6.61 Å². The maximum Gasteiger partial charge on any atom is 0.130 e. The van der Waals surface area contributed by atoms with Gasteiger partial charge in [-0.25, -0.2) is 0 Å². The zero-order valence-corrected chi connectivity index (χ0v) is 10.7. The molecular weight excluding hydrogens is 272 g/mol. The molecule has 1 aromatic carbocycles. The van der Waals surface area contributed by atoms with E-state index in [1.807, 2.05) is 31.2 Å². The number of rotatable bonds is 4. The van der Waals surface area contributed by atoms with Crippen molar-refractivity contribution < 1.29 is 14.6 Å². The Balaban J connectivity index is 1.92. The molecule has 1 aromatic rings. The SMILES string of the molecule is CCOC1C(O)CC1Oc1ccc(Br)cc1. The van der Waals surface area contributed by atoms with Gasteiger partial charge in [-0.05, 0) is 31.2 Å². The average Bonchev–Trinajstić information content (AvgIpc) is 2.28. The van der Waals surface area contributed by atoms with E-state index in [-0.39, 0.29) is 18.3 Å². The Morgan fingerprint density at radius 1 is 1.38 bits per heavy atom. The van der Waals surface area contributed by atoms with Crippen LogP contribution in [0.3, 0.4) is 0 Å². The van der Waals surface area contributed by atoms with E-state index in [0.717, 1.165) is 10.2 Å². The highest BCUT2D eigenvalue weighted by molar-refractivity contribution is 9.10. The zero-order chi connectivity index (χ0) is 11.5. The van der Waals surface area contributed by atoms with E-state index in [2.05, 4.69) is 15.9 Å². The third-order valence-electron chi connectivity index (χ3n) is 2.68. The minimum atomic E-state index is -0.389. The molecule has 3 atom stereocenters. The summed E-state index contributed by atoms with van der Waals surface area (Å²) in [5.41, 5.74) is 0. The second-order valence-electron chi connectivity index (χ2n) is 3.83. The van der Waals surface area contributed by atoms with Crippen LogP contribution in [0.2, 0.25) is 0 Å². The Morgan fingerprint density at radius 2 is 2.06 bits per heavy atom. The van der Waals surface area contributed by atoms with Crippen LogP contribution in [0.15, 0.2) is 28.7 Å². The van der Waals surface area contributed by atoms with Gasteiger partial charge in [-0.1, -0.05) is 15.9 Å². The fourth-order valence-electron chi connectivity index (χ4n) is 1.77. The van der Waals surface area contributed by atoms with Gasteiger partial charge in [0.2, 0.25) is 0 Å². The number of benzene rings is 1. The second kappa shape index (κ2) is 5.17. The first-order chi connectivity index (χ1) is 7.70. The van der Waals surface area contributed by atoms with Gasteiger partial charge in [0.25, 0.3) is 0 Å². The Kier molecular flexibility index (Phi) is 3.84. The first kappa shape index (κ1) is 11.9. The van der Waals surface area contributed by atoms with Crippen LogP contribution >= 0.6 is 15.9 Å². The summed E-state index contributed by atoms with van der Waals surface area (Å²) >= 11 is 3.37. The number of aliphatic hydroxyl groups is 1. The predicted molar refractivity (Wildman–Crippen MR) is 64.6 cm³/mol. The first-order valence-corrected chi connectivity index (χ1v) is 6.22. The van der Waals surface area contributed by atoms with E-state index in [1.54, 1.807) is 0 Å². The van der Waals surface area contributed by atoms with Crippen molar-refractivity contribution in [1.82, 2.24) is 0 Å². The molecule has 0 aliphatic heterocycles. The van der Waals surface area contributed by atoms with Gasteiger partial charge < -0.3 is 14.6 Å². The van der Waals surface area contributed by atoms with E-state index in [4.69, 9.17) is 9.47 Å². The van der Waals surface area contributed by atoms with Gasteiger partial charge in [0.15, 0.2) is 0 Å². The maximum absolute atomic E-state index is 9.52. The Morgan fingerprint density at radius 3 is 2.62 bits per heavy atom. The fraction of sp³-hybridized carbons (Fsp3) is 0.500. The minimum Gasteiger partial charge on any atom is -0.488 e. The van der Waals surface area contributed by atoms with Gasteiger partial charge in [0.05, 0.1) is 6.10 Å². The molecule has 0 radical (unpaired) electrons. The lowest BCUT2D eigenvalue weighted by molar-refractivity contribution is -0.160.